The first kappa shape index (κ1) is 26.7. The minimum atomic E-state index is -0.440. The molecule has 10 rings (SSSR count). The Morgan fingerprint density at radius 2 is 1.19 bits per heavy atom. The molecular weight excluding hydrogens is 589 g/mol. The van der Waals surface area contributed by atoms with Gasteiger partial charge in [0.25, 0.3) is 0 Å². The van der Waals surface area contributed by atoms with Crippen molar-refractivity contribution in [1.82, 2.24) is 9.88 Å². The van der Waals surface area contributed by atoms with Crippen LogP contribution in [-0.4, -0.2) is 16.2 Å². The SMILES string of the molecule is c1ccc(C2=NC(c3cccc(-n4c5ccccc5c5ccccc54)c3)N=C(c3ccc4oc5c6ccccc6ccc5c4c3)N2)cc1. The summed E-state index contributed by atoms with van der Waals surface area (Å²) in [7, 11) is 0. The Morgan fingerprint density at radius 1 is 0.500 bits per heavy atom. The molecule has 0 spiro atoms. The number of rotatable bonds is 4. The van der Waals surface area contributed by atoms with Gasteiger partial charge in [0, 0.05) is 49.3 Å². The molecule has 1 aliphatic heterocycles. The quantitative estimate of drug-likeness (QED) is 0.214. The summed E-state index contributed by atoms with van der Waals surface area (Å²) < 4.78 is 8.75. The Hall–Kier alpha value is -6.46. The van der Waals surface area contributed by atoms with Gasteiger partial charge in [-0.2, -0.15) is 0 Å². The number of nitrogens with zero attached hydrogens (tertiary/aromatic N) is 3. The predicted molar refractivity (Wildman–Crippen MR) is 197 cm³/mol. The second-order valence-electron chi connectivity index (χ2n) is 12.3. The minimum Gasteiger partial charge on any atom is -0.455 e. The van der Waals surface area contributed by atoms with Crippen LogP contribution in [0.15, 0.2) is 172 Å². The van der Waals surface area contributed by atoms with E-state index >= 15 is 0 Å². The van der Waals surface area contributed by atoms with Crippen LogP contribution >= 0.6 is 0 Å². The summed E-state index contributed by atoms with van der Waals surface area (Å²) in [5.41, 5.74) is 8.19. The van der Waals surface area contributed by atoms with E-state index in [1.165, 1.54) is 21.8 Å². The van der Waals surface area contributed by atoms with Crippen molar-refractivity contribution in [3.8, 4) is 5.69 Å². The Morgan fingerprint density at radius 3 is 1.98 bits per heavy atom. The van der Waals surface area contributed by atoms with E-state index in [0.29, 0.717) is 0 Å². The van der Waals surface area contributed by atoms with Gasteiger partial charge in [-0.1, -0.05) is 109 Å². The van der Waals surface area contributed by atoms with E-state index in [9.17, 15) is 0 Å². The van der Waals surface area contributed by atoms with Crippen LogP contribution in [0.25, 0.3) is 60.2 Å². The molecule has 1 N–H and O–H groups in total. The number of hydrogen-bond donors (Lipinski definition) is 1. The Labute approximate surface area is 276 Å². The molecule has 9 aromatic rings. The van der Waals surface area contributed by atoms with Crippen molar-refractivity contribution in [2.75, 3.05) is 0 Å². The zero-order chi connectivity index (χ0) is 31.6. The summed E-state index contributed by atoms with van der Waals surface area (Å²) in [6.45, 7) is 0. The van der Waals surface area contributed by atoms with E-state index in [0.717, 1.165) is 66.8 Å². The molecule has 0 fully saturated rings. The molecule has 0 bridgehead atoms. The molecule has 1 atom stereocenters. The van der Waals surface area contributed by atoms with Gasteiger partial charge in [0.2, 0.25) is 0 Å². The van der Waals surface area contributed by atoms with E-state index in [1.807, 2.05) is 18.2 Å². The van der Waals surface area contributed by atoms with Crippen LogP contribution in [0.5, 0.6) is 0 Å². The number of aromatic nitrogens is 1. The van der Waals surface area contributed by atoms with Gasteiger partial charge in [-0.25, -0.2) is 9.98 Å². The monoisotopic (exact) mass is 616 g/mol. The zero-order valence-electron chi connectivity index (χ0n) is 25.8. The van der Waals surface area contributed by atoms with Crippen LogP contribution in [0.3, 0.4) is 0 Å². The first-order valence-corrected chi connectivity index (χ1v) is 16.2. The Balaban J connectivity index is 1.12. The summed E-state index contributed by atoms with van der Waals surface area (Å²) >= 11 is 0. The fourth-order valence-electron chi connectivity index (χ4n) is 7.17. The van der Waals surface area contributed by atoms with E-state index in [1.54, 1.807) is 0 Å². The summed E-state index contributed by atoms with van der Waals surface area (Å²) in [6.07, 6.45) is -0.440. The van der Waals surface area contributed by atoms with Gasteiger partial charge < -0.3 is 14.3 Å². The highest BCUT2D eigenvalue weighted by Crippen LogP contribution is 2.36. The molecule has 2 aromatic heterocycles. The molecule has 1 unspecified atom stereocenters. The second kappa shape index (κ2) is 10.5. The Bertz CT molecular complexity index is 2720. The molecule has 7 aromatic carbocycles. The van der Waals surface area contributed by atoms with Crippen LogP contribution in [0.1, 0.15) is 22.9 Å². The van der Waals surface area contributed by atoms with Crippen molar-refractivity contribution in [2.24, 2.45) is 9.98 Å². The fourth-order valence-corrected chi connectivity index (χ4v) is 7.17. The molecule has 1 aliphatic rings. The van der Waals surface area contributed by atoms with Crippen molar-refractivity contribution in [3.63, 3.8) is 0 Å². The summed E-state index contributed by atoms with van der Waals surface area (Å²) in [5.74, 6) is 1.56. The molecule has 3 heterocycles. The van der Waals surface area contributed by atoms with Gasteiger partial charge in [-0.3, -0.25) is 0 Å². The van der Waals surface area contributed by atoms with Crippen LogP contribution in [0.2, 0.25) is 0 Å². The summed E-state index contributed by atoms with van der Waals surface area (Å²) in [6, 6.07) is 55.0. The van der Waals surface area contributed by atoms with Crippen LogP contribution in [-0.2, 0) is 0 Å². The number of aliphatic imine (C=N–C) groups is 2. The normalized spacial score (nSPS) is 14.9. The van der Waals surface area contributed by atoms with E-state index in [4.69, 9.17) is 14.4 Å². The molecule has 5 nitrogen and oxygen atoms in total. The summed E-state index contributed by atoms with van der Waals surface area (Å²) in [4.78, 5) is 10.4. The summed E-state index contributed by atoms with van der Waals surface area (Å²) in [5, 5.41) is 10.5. The average molecular weight is 617 g/mol. The van der Waals surface area contributed by atoms with E-state index in [-0.39, 0.29) is 0 Å². The van der Waals surface area contributed by atoms with Crippen molar-refractivity contribution in [2.45, 2.75) is 6.17 Å². The smallest absolute Gasteiger partial charge is 0.169 e. The molecule has 0 aliphatic carbocycles. The molecule has 226 valence electrons. The number of amidine groups is 2. The highest BCUT2D eigenvalue weighted by molar-refractivity contribution is 6.19. The molecule has 0 amide bonds. The lowest BCUT2D eigenvalue weighted by Crippen LogP contribution is -2.36. The first-order chi connectivity index (χ1) is 23.8. The third kappa shape index (κ3) is 4.18. The highest BCUT2D eigenvalue weighted by atomic mass is 16.3. The number of nitrogens with one attached hydrogen (secondary N) is 1. The maximum atomic E-state index is 6.41. The lowest BCUT2D eigenvalue weighted by Gasteiger charge is -2.23. The third-order valence-electron chi connectivity index (χ3n) is 9.43. The third-order valence-corrected chi connectivity index (χ3v) is 9.43. The number of fused-ring (bicyclic) bond motifs is 8. The maximum absolute atomic E-state index is 6.41. The molecule has 5 heteroatoms. The second-order valence-corrected chi connectivity index (χ2v) is 12.3. The lowest BCUT2D eigenvalue weighted by atomic mass is 10.0. The molecular formula is C43H28N4O. The molecule has 48 heavy (non-hydrogen) atoms. The zero-order valence-corrected chi connectivity index (χ0v) is 25.8. The van der Waals surface area contributed by atoms with Gasteiger partial charge in [0.1, 0.15) is 22.8 Å². The molecule has 0 radical (unpaired) electrons. The molecule has 0 saturated carbocycles. The van der Waals surface area contributed by atoms with E-state index in [2.05, 4.69) is 149 Å². The van der Waals surface area contributed by atoms with Crippen molar-refractivity contribution < 1.29 is 4.42 Å². The fraction of sp³-hybridized carbons (Fsp3) is 0.0233. The predicted octanol–water partition coefficient (Wildman–Crippen LogP) is 10.3. The van der Waals surface area contributed by atoms with Crippen molar-refractivity contribution in [1.29, 1.82) is 0 Å². The van der Waals surface area contributed by atoms with Gasteiger partial charge in [-0.15, -0.1) is 0 Å². The van der Waals surface area contributed by atoms with Crippen molar-refractivity contribution in [3.05, 3.63) is 174 Å². The van der Waals surface area contributed by atoms with Gasteiger partial charge in [0.15, 0.2) is 6.17 Å². The maximum Gasteiger partial charge on any atom is 0.169 e. The first-order valence-electron chi connectivity index (χ1n) is 16.2. The van der Waals surface area contributed by atoms with Gasteiger partial charge >= 0.3 is 0 Å². The van der Waals surface area contributed by atoms with Gasteiger partial charge in [0.05, 0.1) is 11.0 Å². The van der Waals surface area contributed by atoms with Crippen molar-refractivity contribution >= 4 is 66.2 Å². The Kier molecular flexibility index (Phi) is 5.87. The number of furan rings is 1. The lowest BCUT2D eigenvalue weighted by molar-refractivity contribution is 0.672. The number of benzene rings is 7. The standard InChI is InChI=1S/C43H28N4O/c1-2-12-28(13-3-1)41-44-42(29-14-10-15-31(25-29)47-37-19-8-6-17-33(37)34-18-7-9-20-38(34)47)46-43(45-41)30-22-24-39-36(26-30)35-23-21-27-11-4-5-16-32(27)40(35)48-39/h1-26,42H,(H,44,45,46). The number of hydrogen-bond acceptors (Lipinski definition) is 4. The largest absolute Gasteiger partial charge is 0.455 e. The number of para-hydroxylation sites is 2. The van der Waals surface area contributed by atoms with Crippen LogP contribution in [0, 0.1) is 0 Å². The average Bonchev–Trinajstić information content (AvgIpc) is 3.71. The topological polar surface area (TPSA) is 54.8 Å². The highest BCUT2D eigenvalue weighted by Gasteiger charge is 2.22. The van der Waals surface area contributed by atoms with Gasteiger partial charge in [-0.05, 0) is 53.9 Å². The van der Waals surface area contributed by atoms with E-state index < -0.39 is 6.17 Å². The van der Waals surface area contributed by atoms with Crippen LogP contribution in [0.4, 0.5) is 0 Å². The minimum absolute atomic E-state index is 0.440. The molecule has 0 saturated heterocycles. The van der Waals surface area contributed by atoms with Crippen LogP contribution < -0.4 is 5.32 Å².